The van der Waals surface area contributed by atoms with E-state index in [4.69, 9.17) is 4.74 Å². The van der Waals surface area contributed by atoms with Crippen LogP contribution < -0.4 is 16.0 Å². The number of hydrogen-bond acceptors (Lipinski definition) is 3. The number of benzene rings is 1. The van der Waals surface area contributed by atoms with Gasteiger partial charge in [-0.25, -0.2) is 9.18 Å². The number of guanidine groups is 1. The average Bonchev–Trinajstić information content (AvgIpc) is 2.54. The highest BCUT2D eigenvalue weighted by Crippen LogP contribution is 2.16. The van der Waals surface area contributed by atoms with Gasteiger partial charge in [0.1, 0.15) is 11.4 Å². The van der Waals surface area contributed by atoms with Crippen LogP contribution in [0.3, 0.4) is 0 Å². The van der Waals surface area contributed by atoms with E-state index in [1.165, 1.54) is 6.07 Å². The van der Waals surface area contributed by atoms with Crippen LogP contribution in [0.5, 0.6) is 0 Å². The zero-order valence-electron chi connectivity index (χ0n) is 16.6. The summed E-state index contributed by atoms with van der Waals surface area (Å²) in [4.78, 5) is 15.7. The van der Waals surface area contributed by atoms with Crippen LogP contribution >= 0.6 is 0 Å². The van der Waals surface area contributed by atoms with Gasteiger partial charge in [0, 0.05) is 20.1 Å². The molecule has 0 aliphatic carbocycles. The maximum atomic E-state index is 13.7. The van der Waals surface area contributed by atoms with Crippen LogP contribution in [0, 0.1) is 12.7 Å². The van der Waals surface area contributed by atoms with Crippen molar-refractivity contribution in [2.24, 2.45) is 4.99 Å². The summed E-state index contributed by atoms with van der Waals surface area (Å²) in [6.07, 6.45) is 0.294. The fourth-order valence-corrected chi connectivity index (χ4v) is 2.16. The highest BCUT2D eigenvalue weighted by atomic mass is 19.1. The van der Waals surface area contributed by atoms with Crippen LogP contribution in [0.15, 0.2) is 23.2 Å². The lowest BCUT2D eigenvalue weighted by Crippen LogP contribution is -2.40. The number of hydrogen-bond donors (Lipinski definition) is 3. The van der Waals surface area contributed by atoms with E-state index in [-0.39, 0.29) is 11.9 Å². The zero-order valence-corrected chi connectivity index (χ0v) is 16.6. The smallest absolute Gasteiger partial charge is 0.407 e. The van der Waals surface area contributed by atoms with E-state index in [1.807, 2.05) is 33.8 Å². The average molecular weight is 366 g/mol. The van der Waals surface area contributed by atoms with Crippen LogP contribution in [-0.4, -0.2) is 37.8 Å². The molecule has 3 N–H and O–H groups in total. The molecule has 1 aromatic carbocycles. The van der Waals surface area contributed by atoms with Crippen molar-refractivity contribution < 1.29 is 13.9 Å². The number of nitrogens with one attached hydrogen (secondary N) is 3. The molecule has 0 radical (unpaired) electrons. The maximum Gasteiger partial charge on any atom is 0.407 e. The van der Waals surface area contributed by atoms with Gasteiger partial charge in [0.2, 0.25) is 0 Å². The number of nitrogens with zero attached hydrogens (tertiary/aromatic N) is 1. The first-order valence-corrected chi connectivity index (χ1v) is 8.82. The summed E-state index contributed by atoms with van der Waals surface area (Å²) >= 11 is 0. The lowest BCUT2D eigenvalue weighted by molar-refractivity contribution is 0.0527. The van der Waals surface area contributed by atoms with E-state index in [2.05, 4.69) is 20.9 Å². The standard InChI is InChI=1S/C19H31FN4O2/c1-13-8-9-15(12-16(13)20)14(2)24-17(21-6)22-10-7-11-23-18(25)26-19(3,4)5/h8-9,12,14H,7,10-11H2,1-6H3,(H,23,25)(H2,21,22,24). The van der Waals surface area contributed by atoms with Crippen molar-refractivity contribution >= 4 is 12.1 Å². The Morgan fingerprint density at radius 1 is 1.27 bits per heavy atom. The molecule has 6 nitrogen and oxygen atoms in total. The summed E-state index contributed by atoms with van der Waals surface area (Å²) < 4.78 is 18.9. The first kappa shape index (κ1) is 21.7. The number of aryl methyl sites for hydroxylation is 1. The van der Waals surface area contributed by atoms with E-state index < -0.39 is 11.7 Å². The Bertz CT molecular complexity index is 626. The predicted octanol–water partition coefficient (Wildman–Crippen LogP) is 3.27. The summed E-state index contributed by atoms with van der Waals surface area (Å²) in [5.41, 5.74) is 0.975. The number of carbonyl (C=O) groups excluding carboxylic acids is 1. The Morgan fingerprint density at radius 2 is 1.92 bits per heavy atom. The molecule has 0 spiro atoms. The molecule has 1 aromatic rings. The van der Waals surface area contributed by atoms with E-state index >= 15 is 0 Å². The van der Waals surface area contributed by atoms with Gasteiger partial charge in [0.15, 0.2) is 5.96 Å². The fraction of sp³-hybridized carbons (Fsp3) is 0.579. The van der Waals surface area contributed by atoms with Crippen LogP contribution in [0.25, 0.3) is 0 Å². The third-order valence-corrected chi connectivity index (χ3v) is 3.59. The van der Waals surface area contributed by atoms with Crippen LogP contribution in [0.1, 0.15) is 51.3 Å². The molecule has 0 aromatic heterocycles. The molecule has 26 heavy (non-hydrogen) atoms. The highest BCUT2D eigenvalue weighted by molar-refractivity contribution is 5.80. The Hall–Kier alpha value is -2.31. The minimum absolute atomic E-state index is 0.0869. The molecule has 0 aliphatic rings. The van der Waals surface area contributed by atoms with Gasteiger partial charge in [-0.05, 0) is 58.2 Å². The molecule has 7 heteroatoms. The Labute approximate surface area is 155 Å². The van der Waals surface area contributed by atoms with Crippen molar-refractivity contribution in [3.05, 3.63) is 35.1 Å². The van der Waals surface area contributed by atoms with Gasteiger partial charge in [-0.2, -0.15) is 0 Å². The molecule has 0 aliphatic heterocycles. The van der Waals surface area contributed by atoms with Gasteiger partial charge < -0.3 is 20.7 Å². The molecule has 0 saturated heterocycles. The molecule has 146 valence electrons. The summed E-state index contributed by atoms with van der Waals surface area (Å²) in [6, 6.07) is 5.11. The molecule has 1 unspecified atom stereocenters. The first-order valence-electron chi connectivity index (χ1n) is 8.82. The zero-order chi connectivity index (χ0) is 19.7. The Morgan fingerprint density at radius 3 is 2.50 bits per heavy atom. The summed E-state index contributed by atoms with van der Waals surface area (Å²) in [6.45, 7) is 10.3. The highest BCUT2D eigenvalue weighted by Gasteiger charge is 2.15. The topological polar surface area (TPSA) is 74.8 Å². The van der Waals surface area contributed by atoms with Gasteiger partial charge in [-0.1, -0.05) is 12.1 Å². The molecular formula is C19H31FN4O2. The van der Waals surface area contributed by atoms with Crippen molar-refractivity contribution in [1.82, 2.24) is 16.0 Å². The van der Waals surface area contributed by atoms with Crippen LogP contribution in [0.2, 0.25) is 0 Å². The molecule has 1 amide bonds. The van der Waals surface area contributed by atoms with Crippen LogP contribution in [0.4, 0.5) is 9.18 Å². The van der Waals surface area contributed by atoms with Crippen LogP contribution in [-0.2, 0) is 4.74 Å². The lowest BCUT2D eigenvalue weighted by Gasteiger charge is -2.20. The molecule has 0 bridgehead atoms. The normalized spacial score (nSPS) is 13.1. The van der Waals surface area contributed by atoms with Crippen molar-refractivity contribution in [3.63, 3.8) is 0 Å². The minimum atomic E-state index is -0.500. The van der Waals surface area contributed by atoms with Crippen molar-refractivity contribution in [3.8, 4) is 0 Å². The van der Waals surface area contributed by atoms with E-state index in [0.29, 0.717) is 31.0 Å². The number of halogens is 1. The Kier molecular flexibility index (Phi) is 8.35. The second-order valence-electron chi connectivity index (χ2n) is 7.16. The SMILES string of the molecule is CN=C(NCCCNC(=O)OC(C)(C)C)NC(C)c1ccc(C)c(F)c1. The van der Waals surface area contributed by atoms with Gasteiger partial charge in [0.05, 0.1) is 6.04 Å². The summed E-state index contributed by atoms with van der Waals surface area (Å²) in [7, 11) is 1.68. The lowest BCUT2D eigenvalue weighted by atomic mass is 10.1. The monoisotopic (exact) mass is 366 g/mol. The molecule has 0 fully saturated rings. The van der Waals surface area contributed by atoms with Gasteiger partial charge in [-0.3, -0.25) is 4.99 Å². The first-order chi connectivity index (χ1) is 12.1. The molecule has 0 saturated carbocycles. The van der Waals surface area contributed by atoms with Gasteiger partial charge in [0.25, 0.3) is 0 Å². The third-order valence-electron chi connectivity index (χ3n) is 3.59. The molecule has 0 heterocycles. The number of rotatable bonds is 6. The van der Waals surface area contributed by atoms with Crippen molar-refractivity contribution in [2.75, 3.05) is 20.1 Å². The summed E-state index contributed by atoms with van der Waals surface area (Å²) in [5, 5.41) is 9.10. The van der Waals surface area contributed by atoms with E-state index in [1.54, 1.807) is 20.0 Å². The third kappa shape index (κ3) is 8.18. The minimum Gasteiger partial charge on any atom is -0.444 e. The number of ether oxygens (including phenoxy) is 1. The number of carbonyl (C=O) groups is 1. The fourth-order valence-electron chi connectivity index (χ4n) is 2.16. The molecule has 1 rings (SSSR count). The number of alkyl carbamates (subject to hydrolysis) is 1. The van der Waals surface area contributed by atoms with Crippen molar-refractivity contribution in [2.45, 2.75) is 52.7 Å². The maximum absolute atomic E-state index is 13.7. The second kappa shape index (κ2) is 9.99. The van der Waals surface area contributed by atoms with Gasteiger partial charge in [-0.15, -0.1) is 0 Å². The van der Waals surface area contributed by atoms with Gasteiger partial charge >= 0.3 is 6.09 Å². The second-order valence-corrected chi connectivity index (χ2v) is 7.16. The van der Waals surface area contributed by atoms with Crippen molar-refractivity contribution in [1.29, 1.82) is 0 Å². The predicted molar refractivity (Wildman–Crippen MR) is 103 cm³/mol. The molecular weight excluding hydrogens is 335 g/mol. The number of amides is 1. The Balaban J connectivity index is 2.34. The van der Waals surface area contributed by atoms with E-state index in [0.717, 1.165) is 5.56 Å². The largest absolute Gasteiger partial charge is 0.444 e. The molecule has 1 atom stereocenters. The summed E-state index contributed by atoms with van der Waals surface area (Å²) in [5.74, 6) is 0.406. The quantitative estimate of drug-likeness (QED) is 0.410. The van der Waals surface area contributed by atoms with E-state index in [9.17, 15) is 9.18 Å². The number of aliphatic imine (C=N–C) groups is 1.